The van der Waals surface area contributed by atoms with Crippen molar-refractivity contribution in [2.75, 3.05) is 20.2 Å². The van der Waals surface area contributed by atoms with Crippen molar-refractivity contribution in [2.24, 2.45) is 64.1 Å². The van der Waals surface area contributed by atoms with E-state index in [4.69, 9.17) is 4.74 Å². The third-order valence-corrected chi connectivity index (χ3v) is 13.6. The number of fused-ring (bicyclic) bond motifs is 4. The van der Waals surface area contributed by atoms with Crippen molar-refractivity contribution in [1.82, 2.24) is 5.32 Å². The van der Waals surface area contributed by atoms with Gasteiger partial charge in [0.15, 0.2) is 0 Å². The first-order chi connectivity index (χ1) is 19.2. The van der Waals surface area contributed by atoms with Gasteiger partial charge in [-0.05, 0) is 143 Å². The lowest BCUT2D eigenvalue weighted by molar-refractivity contribution is -0.164. The van der Waals surface area contributed by atoms with Gasteiger partial charge in [-0.25, -0.2) is 4.79 Å². The van der Waals surface area contributed by atoms with Gasteiger partial charge in [-0.3, -0.25) is 0 Å². The van der Waals surface area contributed by atoms with Gasteiger partial charge >= 0.3 is 5.97 Å². The van der Waals surface area contributed by atoms with Gasteiger partial charge < -0.3 is 10.1 Å². The Morgan fingerprint density at radius 2 is 1.71 bits per heavy atom. The number of hydrogen-bond donors (Lipinski definition) is 1. The Bertz CT molecular complexity index is 901. The summed E-state index contributed by atoms with van der Waals surface area (Å²) in [6.45, 7) is 14.4. The van der Waals surface area contributed by atoms with Crippen LogP contribution in [0.4, 0.5) is 0 Å². The summed E-state index contributed by atoms with van der Waals surface area (Å²) in [5.41, 5.74) is 1.90. The van der Waals surface area contributed by atoms with Gasteiger partial charge in [-0.1, -0.05) is 74.3 Å². The number of rotatable bonds is 13. The fourth-order valence-electron chi connectivity index (χ4n) is 11.7. The second kappa shape index (κ2) is 15.0. The highest BCUT2D eigenvalue weighted by Gasteiger charge is 2.66. The normalized spacial score (nSPS) is 38.9. The third kappa shape index (κ3) is 7.02. The maximum Gasteiger partial charge on any atom is 0.333 e. The maximum atomic E-state index is 11.9. The number of esters is 1. The molecule has 0 heterocycles. The second-order valence-corrected chi connectivity index (χ2v) is 16.3. The number of nitrogens with one attached hydrogen (secondary N) is 1. The molecule has 0 aromatic heterocycles. The summed E-state index contributed by atoms with van der Waals surface area (Å²) < 4.78 is 5.50. The van der Waals surface area contributed by atoms with Crippen LogP contribution in [0, 0.1) is 64.1 Å². The first-order valence-corrected chi connectivity index (χ1v) is 17.6. The van der Waals surface area contributed by atoms with Crippen LogP contribution in [0.1, 0.15) is 151 Å². The molecule has 0 amide bonds. The molecular weight excluding hydrogens is 514 g/mol. The van der Waals surface area contributed by atoms with E-state index in [-0.39, 0.29) is 26.5 Å². The van der Waals surface area contributed by atoms with Crippen LogP contribution in [0.25, 0.3) is 0 Å². The van der Waals surface area contributed by atoms with E-state index in [2.05, 4.69) is 32.7 Å². The molecule has 0 bridgehead atoms. The minimum Gasteiger partial charge on any atom is -0.462 e. The van der Waals surface area contributed by atoms with Gasteiger partial charge in [0, 0.05) is 23.7 Å². The summed E-state index contributed by atoms with van der Waals surface area (Å²) in [6.07, 6.45) is 23.6. The van der Waals surface area contributed by atoms with Crippen molar-refractivity contribution in [3.05, 3.63) is 12.2 Å². The molecule has 0 aromatic rings. The van der Waals surface area contributed by atoms with Crippen molar-refractivity contribution in [3.63, 3.8) is 0 Å². The Morgan fingerprint density at radius 1 is 0.976 bits per heavy atom. The minimum atomic E-state index is -0.246. The van der Waals surface area contributed by atoms with E-state index in [1.54, 1.807) is 45.4 Å². The smallest absolute Gasteiger partial charge is 0.333 e. The van der Waals surface area contributed by atoms with Crippen LogP contribution in [-0.4, -0.2) is 26.2 Å². The van der Waals surface area contributed by atoms with E-state index >= 15 is 0 Å². The van der Waals surface area contributed by atoms with Gasteiger partial charge in [-0.15, -0.1) is 0 Å². The standard InChI is InChI=1S/C37H63NO2.2CH4.4H2/c1-25(2)9-7-12-29-22-37-20-18-33-31(34(37)16-15-32(29)37)14-13-30-21-27(17-19-36(30,33)5)10-8-11-28(23-38-6)24-40-35(39)26(3)4;;;;;;/h25,27-34,38H,3,7-24H2,1-2,4-6H3;2*1H4;4*1H/t27-,28?,29-,30?,31?,32+,33?,34?,36-,37-;;;;;;/m0....../s1. The van der Waals surface area contributed by atoms with Gasteiger partial charge in [0.1, 0.15) is 0 Å². The molecule has 3 nitrogen and oxygen atoms in total. The van der Waals surface area contributed by atoms with E-state index in [1.165, 1.54) is 57.8 Å². The molecular formula is C39H79NO2. The van der Waals surface area contributed by atoms with Gasteiger partial charge in [0.05, 0.1) is 6.61 Å². The van der Waals surface area contributed by atoms with Crippen LogP contribution in [0.2, 0.25) is 0 Å². The molecule has 252 valence electrons. The lowest BCUT2D eigenvalue weighted by Crippen LogP contribution is -2.58. The van der Waals surface area contributed by atoms with Crippen molar-refractivity contribution < 1.29 is 15.2 Å². The Labute approximate surface area is 268 Å². The first kappa shape index (κ1) is 35.6. The fourth-order valence-corrected chi connectivity index (χ4v) is 11.7. The molecule has 1 spiro atoms. The predicted molar refractivity (Wildman–Crippen MR) is 189 cm³/mol. The van der Waals surface area contributed by atoms with Gasteiger partial charge in [-0.2, -0.15) is 0 Å². The van der Waals surface area contributed by atoms with E-state index < -0.39 is 0 Å². The summed E-state index contributed by atoms with van der Waals surface area (Å²) in [4.78, 5) is 11.9. The van der Waals surface area contributed by atoms with Crippen LogP contribution in [0.5, 0.6) is 0 Å². The van der Waals surface area contributed by atoms with Crippen molar-refractivity contribution in [3.8, 4) is 0 Å². The molecule has 3 heteroatoms. The van der Waals surface area contributed by atoms with Gasteiger partial charge in [0.25, 0.3) is 0 Å². The molecule has 5 fully saturated rings. The average Bonchev–Trinajstić information content (AvgIpc) is 3.21. The van der Waals surface area contributed by atoms with Crippen molar-refractivity contribution in [1.29, 1.82) is 0 Å². The minimum absolute atomic E-state index is 0. The third-order valence-electron chi connectivity index (χ3n) is 13.6. The zero-order valence-corrected chi connectivity index (χ0v) is 26.9. The molecule has 5 saturated carbocycles. The fraction of sp³-hybridized carbons (Fsp3) is 0.923. The summed E-state index contributed by atoms with van der Waals surface area (Å²) in [5.74, 6) is 8.24. The summed E-state index contributed by atoms with van der Waals surface area (Å²) >= 11 is 0. The van der Waals surface area contributed by atoms with Crippen molar-refractivity contribution in [2.45, 2.75) is 145 Å². The quantitative estimate of drug-likeness (QED) is 0.170. The van der Waals surface area contributed by atoms with Gasteiger partial charge in [0.2, 0.25) is 0 Å². The lowest BCUT2D eigenvalue weighted by atomic mass is 9.39. The zero-order valence-electron chi connectivity index (χ0n) is 26.9. The molecule has 5 aliphatic carbocycles. The first-order valence-electron chi connectivity index (χ1n) is 17.6. The molecule has 0 radical (unpaired) electrons. The number of hydrogen-bond acceptors (Lipinski definition) is 3. The SMILES string of the molecule is C.C.C=C(C)C(=O)OCC(CCC[C@H]1CC[C@@]2(C)C(CCC3C2CC[C@]24C[C@H](CCCC(C)C)[C@H]2CCC34)C1)CNC.[HH].[HH].[HH].[HH]. The molecule has 0 saturated heterocycles. The second-order valence-electron chi connectivity index (χ2n) is 16.3. The highest BCUT2D eigenvalue weighted by atomic mass is 16.5. The number of ether oxygens (including phenoxy) is 1. The highest BCUT2D eigenvalue weighted by molar-refractivity contribution is 5.86. The molecule has 10 atom stereocenters. The summed E-state index contributed by atoms with van der Waals surface area (Å²) in [7, 11) is 2.00. The molecule has 42 heavy (non-hydrogen) atoms. The zero-order chi connectivity index (χ0) is 28.5. The van der Waals surface area contributed by atoms with Crippen LogP contribution in [0.3, 0.4) is 0 Å². The topological polar surface area (TPSA) is 38.3 Å². The molecule has 5 rings (SSSR count). The average molecular weight is 594 g/mol. The van der Waals surface area contributed by atoms with Crippen LogP contribution in [-0.2, 0) is 9.53 Å². The largest absolute Gasteiger partial charge is 0.462 e. The summed E-state index contributed by atoms with van der Waals surface area (Å²) in [6, 6.07) is 0. The van der Waals surface area contributed by atoms with E-state index in [9.17, 15) is 4.79 Å². The Morgan fingerprint density at radius 3 is 2.43 bits per heavy atom. The summed E-state index contributed by atoms with van der Waals surface area (Å²) in [5, 5.41) is 3.30. The number of carbonyl (C=O) groups excluding carboxylic acids is 1. The van der Waals surface area contributed by atoms with E-state index in [1.807, 2.05) is 7.05 Å². The Kier molecular flexibility index (Phi) is 12.7. The van der Waals surface area contributed by atoms with E-state index in [0.29, 0.717) is 23.5 Å². The Balaban J connectivity index is 0. The van der Waals surface area contributed by atoms with Crippen LogP contribution in [0.15, 0.2) is 12.2 Å². The molecule has 5 aliphatic rings. The predicted octanol–water partition coefficient (Wildman–Crippen LogP) is 11.5. The van der Waals surface area contributed by atoms with Crippen LogP contribution < -0.4 is 5.32 Å². The molecule has 0 aromatic carbocycles. The monoisotopic (exact) mass is 594 g/mol. The highest BCUT2D eigenvalue weighted by Crippen LogP contribution is 2.74. The lowest BCUT2D eigenvalue weighted by Gasteiger charge is -2.65. The Hall–Kier alpha value is -0.830. The number of carbonyl (C=O) groups is 1. The van der Waals surface area contributed by atoms with Crippen molar-refractivity contribution >= 4 is 5.97 Å². The molecule has 0 aliphatic heterocycles. The van der Waals surface area contributed by atoms with Crippen LogP contribution >= 0.6 is 0 Å². The molecule has 1 N–H and O–H groups in total. The molecule has 5 unspecified atom stereocenters. The van der Waals surface area contributed by atoms with E-state index in [0.717, 1.165) is 65.7 Å². The maximum absolute atomic E-state index is 11.9.